The molecule has 150 valence electrons. The van der Waals surface area contributed by atoms with Crippen LogP contribution in [0.15, 0.2) is 46.7 Å². The maximum atomic E-state index is 12.6. The minimum atomic E-state index is -1.57. The Morgan fingerprint density at radius 1 is 1.29 bits per heavy atom. The molecule has 1 aromatic rings. The summed E-state index contributed by atoms with van der Waals surface area (Å²) in [6, 6.07) is 3.16. The second-order valence-corrected chi connectivity index (χ2v) is 8.53. The van der Waals surface area contributed by atoms with Crippen molar-refractivity contribution in [1.29, 1.82) is 0 Å². The van der Waals surface area contributed by atoms with E-state index in [-0.39, 0.29) is 23.5 Å². The van der Waals surface area contributed by atoms with Gasteiger partial charge in [0.1, 0.15) is 0 Å². The van der Waals surface area contributed by atoms with Gasteiger partial charge in [-0.15, -0.1) is 0 Å². The van der Waals surface area contributed by atoms with Crippen LogP contribution >= 0.6 is 8.38 Å². The van der Waals surface area contributed by atoms with E-state index < -0.39 is 25.4 Å². The number of esters is 1. The summed E-state index contributed by atoms with van der Waals surface area (Å²) in [4.78, 5) is 27.9. The Balaban J connectivity index is 1.99. The molecule has 28 heavy (non-hydrogen) atoms. The second-order valence-electron chi connectivity index (χ2n) is 7.12. The molecule has 1 aliphatic heterocycles. The average Bonchev–Trinajstić information content (AvgIpc) is 2.60. The molecule has 3 unspecified atom stereocenters. The Morgan fingerprint density at radius 3 is 2.54 bits per heavy atom. The molecular formula is C19H23N2O6P. The number of carbonyl (C=O) groups excluding carboxylic acids is 1. The van der Waals surface area contributed by atoms with E-state index in [4.69, 9.17) is 13.8 Å². The van der Waals surface area contributed by atoms with E-state index in [1.807, 2.05) is 20.8 Å². The lowest BCUT2D eigenvalue weighted by atomic mass is 9.95. The third-order valence-electron chi connectivity index (χ3n) is 4.63. The van der Waals surface area contributed by atoms with Crippen LogP contribution in [0, 0.1) is 10.1 Å². The smallest absolute Gasteiger partial charge is 0.340 e. The van der Waals surface area contributed by atoms with Crippen molar-refractivity contribution in [3.05, 3.63) is 62.4 Å². The zero-order valence-corrected chi connectivity index (χ0v) is 17.1. The zero-order valence-electron chi connectivity index (χ0n) is 16.2. The molecule has 2 aliphatic rings. The molecule has 1 fully saturated rings. The van der Waals surface area contributed by atoms with Crippen molar-refractivity contribution in [2.75, 3.05) is 0 Å². The Labute approximate surface area is 164 Å². The molecule has 1 aliphatic carbocycles. The first-order chi connectivity index (χ1) is 13.3. The molecule has 0 aromatic carbocycles. The number of rotatable bonds is 4. The molecule has 3 rings (SSSR count). The van der Waals surface area contributed by atoms with Crippen molar-refractivity contribution < 1.29 is 23.5 Å². The van der Waals surface area contributed by atoms with Crippen LogP contribution in [0.3, 0.4) is 0 Å². The van der Waals surface area contributed by atoms with Gasteiger partial charge in [0.2, 0.25) is 14.5 Å². The van der Waals surface area contributed by atoms with Crippen LogP contribution in [-0.4, -0.2) is 34.2 Å². The minimum absolute atomic E-state index is 0.0455. The highest BCUT2D eigenvalue weighted by Crippen LogP contribution is 2.58. The fourth-order valence-electron chi connectivity index (χ4n) is 3.45. The molecule has 0 saturated carbocycles. The van der Waals surface area contributed by atoms with Gasteiger partial charge in [-0.3, -0.25) is 15.1 Å². The zero-order chi connectivity index (χ0) is 20.4. The van der Waals surface area contributed by atoms with E-state index in [1.165, 1.54) is 12.4 Å². The van der Waals surface area contributed by atoms with Gasteiger partial charge in [0, 0.05) is 24.4 Å². The Hall–Kier alpha value is -2.15. The van der Waals surface area contributed by atoms with Crippen LogP contribution < -0.4 is 0 Å². The summed E-state index contributed by atoms with van der Waals surface area (Å²) in [5, 5.41) is 12.4. The quantitative estimate of drug-likeness (QED) is 0.317. The predicted molar refractivity (Wildman–Crippen MR) is 103 cm³/mol. The van der Waals surface area contributed by atoms with Gasteiger partial charge in [-0.05, 0) is 46.2 Å². The number of nitro groups is 1. The summed E-state index contributed by atoms with van der Waals surface area (Å²) < 4.78 is 17.6. The molecule has 0 bridgehead atoms. The van der Waals surface area contributed by atoms with Crippen LogP contribution in [0.4, 0.5) is 0 Å². The van der Waals surface area contributed by atoms with Gasteiger partial charge < -0.3 is 13.8 Å². The molecule has 2 heterocycles. The predicted octanol–water partition coefficient (Wildman–Crippen LogP) is 4.36. The van der Waals surface area contributed by atoms with Crippen LogP contribution in [-0.2, 0) is 13.8 Å². The topological polar surface area (TPSA) is 101 Å². The normalized spacial score (nSPS) is 28.3. The van der Waals surface area contributed by atoms with Crippen LogP contribution in [0.5, 0.6) is 0 Å². The number of nitrogens with zero attached hydrogens (tertiary/aromatic N) is 2. The largest absolute Gasteiger partial charge is 0.442 e. The highest BCUT2D eigenvalue weighted by Gasteiger charge is 2.45. The number of hydrogen-bond acceptors (Lipinski definition) is 7. The van der Waals surface area contributed by atoms with Gasteiger partial charge in [0.05, 0.1) is 28.0 Å². The molecule has 0 radical (unpaired) electrons. The first kappa shape index (κ1) is 20.6. The van der Waals surface area contributed by atoms with Crippen molar-refractivity contribution in [3.8, 4) is 0 Å². The lowest BCUT2D eigenvalue weighted by molar-refractivity contribution is -0.435. The standard InChI is InChI=1S/C19H23N2O6P/c1-11-8-12(2)18(28-26-13(3)9-14(4)27-28)17(16(11)21(23)24)25-19(22)15-6-5-7-20-10-15/h5-7,10,13-14,17H,8-9H2,1-4H3. The van der Waals surface area contributed by atoms with Crippen molar-refractivity contribution in [1.82, 2.24) is 4.98 Å². The Morgan fingerprint density at radius 2 is 1.96 bits per heavy atom. The van der Waals surface area contributed by atoms with Gasteiger partial charge in [-0.25, -0.2) is 4.79 Å². The summed E-state index contributed by atoms with van der Waals surface area (Å²) in [5.41, 5.74) is 1.53. The second kappa shape index (κ2) is 8.47. The molecule has 0 N–H and O–H groups in total. The SMILES string of the molecule is CC1=C([N+](=O)[O-])C(OC(=O)c2cccnc2)C(P2OC(C)CC(C)O2)=C(C)C1. The highest BCUT2D eigenvalue weighted by atomic mass is 31.2. The van der Waals surface area contributed by atoms with Gasteiger partial charge >= 0.3 is 5.97 Å². The summed E-state index contributed by atoms with van der Waals surface area (Å²) in [7, 11) is -1.57. The first-order valence-corrected chi connectivity index (χ1v) is 10.2. The van der Waals surface area contributed by atoms with E-state index in [2.05, 4.69) is 4.98 Å². The van der Waals surface area contributed by atoms with Crippen molar-refractivity contribution in [2.45, 2.75) is 58.8 Å². The van der Waals surface area contributed by atoms with E-state index in [1.54, 1.807) is 19.1 Å². The summed E-state index contributed by atoms with van der Waals surface area (Å²) in [5.74, 6) is -0.675. The number of allylic oxidation sites excluding steroid dienone is 2. The molecule has 8 nitrogen and oxygen atoms in total. The summed E-state index contributed by atoms with van der Waals surface area (Å²) >= 11 is 0. The summed E-state index contributed by atoms with van der Waals surface area (Å²) in [6.07, 6.45) is 2.82. The molecule has 9 heteroatoms. The van der Waals surface area contributed by atoms with E-state index in [9.17, 15) is 14.9 Å². The van der Waals surface area contributed by atoms with E-state index >= 15 is 0 Å². The first-order valence-electron chi connectivity index (χ1n) is 9.06. The fourth-order valence-corrected chi connectivity index (χ4v) is 5.31. The number of ether oxygens (including phenoxy) is 1. The minimum Gasteiger partial charge on any atom is -0.442 e. The average molecular weight is 406 g/mol. The third-order valence-corrected chi connectivity index (χ3v) is 6.74. The molecule has 1 aromatic heterocycles. The maximum absolute atomic E-state index is 12.6. The van der Waals surface area contributed by atoms with Crippen molar-refractivity contribution >= 4 is 14.3 Å². The van der Waals surface area contributed by atoms with Crippen molar-refractivity contribution in [2.24, 2.45) is 0 Å². The Bertz CT molecular complexity index is 828. The molecule has 3 atom stereocenters. The Kier molecular flexibility index (Phi) is 6.23. The van der Waals surface area contributed by atoms with Gasteiger partial charge in [-0.2, -0.15) is 0 Å². The third kappa shape index (κ3) is 4.29. The van der Waals surface area contributed by atoms with E-state index in [0.717, 1.165) is 12.0 Å². The fraction of sp³-hybridized carbons (Fsp3) is 0.474. The molecule has 1 saturated heterocycles. The van der Waals surface area contributed by atoms with Crippen LogP contribution in [0.1, 0.15) is 50.9 Å². The maximum Gasteiger partial charge on any atom is 0.340 e. The summed E-state index contributed by atoms with van der Waals surface area (Å²) in [6.45, 7) is 7.45. The number of pyridine rings is 1. The molecule has 0 amide bonds. The van der Waals surface area contributed by atoms with Gasteiger partial charge in [0.25, 0.3) is 5.70 Å². The number of aromatic nitrogens is 1. The van der Waals surface area contributed by atoms with E-state index in [0.29, 0.717) is 17.3 Å². The van der Waals surface area contributed by atoms with Crippen molar-refractivity contribution in [3.63, 3.8) is 0 Å². The lowest BCUT2D eigenvalue weighted by Gasteiger charge is -2.36. The molecule has 0 spiro atoms. The monoisotopic (exact) mass is 406 g/mol. The van der Waals surface area contributed by atoms with Gasteiger partial charge in [0.15, 0.2) is 0 Å². The number of carbonyl (C=O) groups is 1. The van der Waals surface area contributed by atoms with Gasteiger partial charge in [-0.1, -0.05) is 5.57 Å². The lowest BCUT2D eigenvalue weighted by Crippen LogP contribution is -2.33. The molecular weight excluding hydrogens is 383 g/mol. The van der Waals surface area contributed by atoms with Crippen LogP contribution in [0.2, 0.25) is 0 Å². The number of hydrogen-bond donors (Lipinski definition) is 0. The highest BCUT2D eigenvalue weighted by molar-refractivity contribution is 7.52. The van der Waals surface area contributed by atoms with Crippen LogP contribution in [0.25, 0.3) is 0 Å².